The van der Waals surface area contributed by atoms with Gasteiger partial charge in [-0.25, -0.2) is 4.98 Å². The molecule has 5 heteroatoms. The number of hydrogen-bond acceptors (Lipinski definition) is 3. The van der Waals surface area contributed by atoms with E-state index in [1.54, 1.807) is 0 Å². The van der Waals surface area contributed by atoms with E-state index in [4.69, 9.17) is 16.1 Å². The number of fused-ring (bicyclic) bond motifs is 1. The van der Waals surface area contributed by atoms with Gasteiger partial charge in [0.25, 0.3) is 5.91 Å². The third kappa shape index (κ3) is 3.94. The number of carbonyl (C=O) groups is 1. The van der Waals surface area contributed by atoms with Crippen LogP contribution >= 0.6 is 0 Å². The Labute approximate surface area is 188 Å². The number of aryl methyl sites for hydroxylation is 1. The van der Waals surface area contributed by atoms with Gasteiger partial charge in [-0.3, -0.25) is 4.79 Å². The van der Waals surface area contributed by atoms with Gasteiger partial charge >= 0.3 is 0 Å². The molecular formula is C27H27N3O2. The lowest BCUT2D eigenvalue weighted by Crippen LogP contribution is -2.37. The second-order valence-electron chi connectivity index (χ2n) is 8.68. The van der Waals surface area contributed by atoms with E-state index in [9.17, 15) is 4.79 Å². The van der Waals surface area contributed by atoms with E-state index in [1.807, 2.05) is 35.2 Å². The number of rotatable bonds is 3. The first-order valence-corrected chi connectivity index (χ1v) is 11.2. The summed E-state index contributed by atoms with van der Waals surface area (Å²) in [6.45, 7) is 4.85. The molecule has 1 saturated heterocycles. The predicted molar refractivity (Wildman–Crippen MR) is 124 cm³/mol. The Balaban J connectivity index is 1.30. The molecule has 5 nitrogen and oxygen atoms in total. The number of carbonyl (C=O) groups excluding carboxylic acids is 1. The molecule has 0 spiro atoms. The predicted octanol–water partition coefficient (Wildman–Crippen LogP) is 4.46. The van der Waals surface area contributed by atoms with Crippen molar-refractivity contribution in [2.24, 2.45) is 0 Å². The zero-order valence-electron chi connectivity index (χ0n) is 18.4. The number of H-pyrrole nitrogens is 1. The highest BCUT2D eigenvalue weighted by Crippen LogP contribution is 2.30. The minimum atomic E-state index is 0.0898. The van der Waals surface area contributed by atoms with Gasteiger partial charge < -0.3 is 14.6 Å². The van der Waals surface area contributed by atoms with Crippen LogP contribution in [0.1, 0.15) is 57.2 Å². The molecule has 3 aromatic rings. The number of nitrogens with one attached hydrogen (secondary N) is 1. The molecular weight excluding hydrogens is 398 g/mol. The summed E-state index contributed by atoms with van der Waals surface area (Å²) in [7, 11) is 0. The fraction of sp³-hybridized carbons (Fsp3) is 0.333. The van der Waals surface area contributed by atoms with Crippen molar-refractivity contribution in [2.45, 2.75) is 38.7 Å². The van der Waals surface area contributed by atoms with Gasteiger partial charge in [0, 0.05) is 36.2 Å². The minimum Gasteiger partial charge on any atom is -0.375 e. The van der Waals surface area contributed by atoms with Crippen LogP contribution in [-0.4, -0.2) is 40.5 Å². The van der Waals surface area contributed by atoms with Crippen LogP contribution < -0.4 is 0 Å². The molecule has 0 atom stereocenters. The van der Waals surface area contributed by atoms with E-state index in [0.29, 0.717) is 24.7 Å². The zero-order valence-corrected chi connectivity index (χ0v) is 18.4. The van der Waals surface area contributed by atoms with Gasteiger partial charge in [0.1, 0.15) is 5.82 Å². The Kier molecular flexibility index (Phi) is 5.55. The van der Waals surface area contributed by atoms with E-state index in [-0.39, 0.29) is 5.91 Å². The maximum Gasteiger partial charge on any atom is 0.253 e. The van der Waals surface area contributed by atoms with Crippen molar-refractivity contribution in [3.63, 3.8) is 0 Å². The van der Waals surface area contributed by atoms with Crippen LogP contribution in [0.15, 0.2) is 42.5 Å². The average molecular weight is 426 g/mol. The van der Waals surface area contributed by atoms with E-state index in [2.05, 4.69) is 30.0 Å². The van der Waals surface area contributed by atoms with Crippen LogP contribution in [0.2, 0.25) is 0 Å². The Morgan fingerprint density at radius 3 is 2.69 bits per heavy atom. The first-order chi connectivity index (χ1) is 15.6. The van der Waals surface area contributed by atoms with Gasteiger partial charge in [0.05, 0.1) is 24.6 Å². The molecule has 162 valence electrons. The fourth-order valence-electron chi connectivity index (χ4n) is 4.70. The van der Waals surface area contributed by atoms with Gasteiger partial charge in [-0.15, -0.1) is 6.42 Å². The van der Waals surface area contributed by atoms with Gasteiger partial charge in [-0.2, -0.15) is 0 Å². The fourth-order valence-corrected chi connectivity index (χ4v) is 4.70. The quantitative estimate of drug-likeness (QED) is 0.631. The number of imidazole rings is 1. The standard InChI is InChI=1S/C27H27N3O2/c1-3-19-5-8-20(9-6-19)21-10-13-30(14-11-21)27(31)22-7-4-18(2)23(16-22)26-28-24-12-15-32-17-25(24)29-26/h1,4-9,16,21H,10-15,17H2,2H3,(H,28,29). The Morgan fingerprint density at radius 2 is 1.97 bits per heavy atom. The maximum atomic E-state index is 13.3. The van der Waals surface area contributed by atoms with Crippen molar-refractivity contribution in [2.75, 3.05) is 19.7 Å². The smallest absolute Gasteiger partial charge is 0.253 e. The van der Waals surface area contributed by atoms with Crippen molar-refractivity contribution in [1.29, 1.82) is 0 Å². The van der Waals surface area contributed by atoms with Crippen LogP contribution in [0.3, 0.4) is 0 Å². The lowest BCUT2D eigenvalue weighted by Gasteiger charge is -2.32. The number of likely N-dealkylation sites (tertiary alicyclic amines) is 1. The summed E-state index contributed by atoms with van der Waals surface area (Å²) in [5.41, 5.74) is 7.12. The van der Waals surface area contributed by atoms with Crippen molar-refractivity contribution in [3.05, 3.63) is 76.1 Å². The second kappa shape index (κ2) is 8.64. The number of amides is 1. The normalized spacial score (nSPS) is 16.4. The van der Waals surface area contributed by atoms with Crippen LogP contribution in [0.5, 0.6) is 0 Å². The summed E-state index contributed by atoms with van der Waals surface area (Å²) >= 11 is 0. The van der Waals surface area contributed by atoms with Crippen molar-refractivity contribution < 1.29 is 9.53 Å². The number of hydrogen-bond donors (Lipinski definition) is 1. The molecule has 5 rings (SSSR count). The number of terminal acetylenes is 1. The van der Waals surface area contributed by atoms with Crippen molar-refractivity contribution in [3.8, 4) is 23.7 Å². The summed E-state index contributed by atoms with van der Waals surface area (Å²) in [4.78, 5) is 23.4. The van der Waals surface area contributed by atoms with Gasteiger partial charge in [-0.1, -0.05) is 24.1 Å². The molecule has 1 fully saturated rings. The SMILES string of the molecule is C#Cc1ccc(C2CCN(C(=O)c3ccc(C)c(-c4nc5c([nH]4)COCC5)c3)CC2)cc1. The lowest BCUT2D eigenvalue weighted by molar-refractivity contribution is 0.0713. The minimum absolute atomic E-state index is 0.0898. The number of nitrogens with zero attached hydrogens (tertiary/aromatic N) is 2. The number of ether oxygens (including phenoxy) is 1. The summed E-state index contributed by atoms with van der Waals surface area (Å²) in [5, 5.41) is 0. The van der Waals surface area contributed by atoms with Gasteiger partial charge in [0.15, 0.2) is 0 Å². The van der Waals surface area contributed by atoms with Crippen LogP contribution in [0, 0.1) is 19.3 Å². The van der Waals surface area contributed by atoms with E-state index in [0.717, 1.165) is 66.3 Å². The molecule has 3 heterocycles. The topological polar surface area (TPSA) is 58.2 Å². The molecule has 0 aliphatic carbocycles. The number of aromatic amines is 1. The monoisotopic (exact) mass is 425 g/mol. The molecule has 1 N–H and O–H groups in total. The van der Waals surface area contributed by atoms with Gasteiger partial charge in [-0.05, 0) is 61.1 Å². The highest BCUT2D eigenvalue weighted by Gasteiger charge is 2.25. The molecule has 0 radical (unpaired) electrons. The molecule has 0 saturated carbocycles. The van der Waals surface area contributed by atoms with E-state index in [1.165, 1.54) is 5.56 Å². The van der Waals surface area contributed by atoms with Crippen LogP contribution in [-0.2, 0) is 17.8 Å². The Hall–Kier alpha value is -3.36. The zero-order chi connectivity index (χ0) is 22.1. The molecule has 0 unspecified atom stereocenters. The first-order valence-electron chi connectivity index (χ1n) is 11.2. The van der Waals surface area contributed by atoms with Crippen LogP contribution in [0.25, 0.3) is 11.4 Å². The molecule has 2 aliphatic heterocycles. The molecule has 1 amide bonds. The summed E-state index contributed by atoms with van der Waals surface area (Å²) < 4.78 is 5.53. The number of benzene rings is 2. The third-order valence-corrected chi connectivity index (χ3v) is 6.66. The lowest BCUT2D eigenvalue weighted by atomic mass is 9.88. The van der Waals surface area contributed by atoms with Crippen molar-refractivity contribution >= 4 is 5.91 Å². The third-order valence-electron chi connectivity index (χ3n) is 6.66. The molecule has 2 aliphatic rings. The Bertz CT molecular complexity index is 1160. The van der Waals surface area contributed by atoms with Crippen LogP contribution in [0.4, 0.5) is 0 Å². The molecule has 1 aromatic heterocycles. The average Bonchev–Trinajstić information content (AvgIpc) is 3.28. The summed E-state index contributed by atoms with van der Waals surface area (Å²) in [6.07, 6.45) is 8.21. The first kappa shape index (κ1) is 20.5. The maximum absolute atomic E-state index is 13.3. The molecule has 32 heavy (non-hydrogen) atoms. The van der Waals surface area contributed by atoms with E-state index >= 15 is 0 Å². The largest absolute Gasteiger partial charge is 0.375 e. The summed E-state index contributed by atoms with van der Waals surface area (Å²) in [6, 6.07) is 14.2. The van der Waals surface area contributed by atoms with Crippen molar-refractivity contribution in [1.82, 2.24) is 14.9 Å². The second-order valence-corrected chi connectivity index (χ2v) is 8.68. The highest BCUT2D eigenvalue weighted by molar-refractivity contribution is 5.95. The van der Waals surface area contributed by atoms with Gasteiger partial charge in [0.2, 0.25) is 0 Å². The Morgan fingerprint density at radius 1 is 1.19 bits per heavy atom. The highest BCUT2D eigenvalue weighted by atomic mass is 16.5. The number of aromatic nitrogens is 2. The van der Waals surface area contributed by atoms with E-state index < -0.39 is 0 Å². The number of piperidine rings is 1. The summed E-state index contributed by atoms with van der Waals surface area (Å²) in [5.74, 6) is 4.05. The molecule has 2 aromatic carbocycles. The molecule has 0 bridgehead atoms.